The van der Waals surface area contributed by atoms with Crippen molar-refractivity contribution < 1.29 is 8.42 Å². The summed E-state index contributed by atoms with van der Waals surface area (Å²) in [6, 6.07) is 8.77. The fourth-order valence-corrected chi connectivity index (χ4v) is 4.52. The van der Waals surface area contributed by atoms with Crippen molar-refractivity contribution in [3.63, 3.8) is 0 Å². The summed E-state index contributed by atoms with van der Waals surface area (Å²) in [5, 5.41) is 0. The number of rotatable bonds is 9. The summed E-state index contributed by atoms with van der Waals surface area (Å²) in [6.45, 7) is 8.02. The molecular formula is C17H26O2S. The minimum atomic E-state index is -3.38. The summed E-state index contributed by atoms with van der Waals surface area (Å²) in [7, 11) is -3.38. The predicted octanol–water partition coefficient (Wildman–Crippen LogP) is 4.77. The third kappa shape index (κ3) is 3.51. The molecular weight excluding hydrogens is 268 g/mol. The molecule has 0 bridgehead atoms. The molecule has 20 heavy (non-hydrogen) atoms. The van der Waals surface area contributed by atoms with Gasteiger partial charge in [-0.05, 0) is 25.0 Å². The van der Waals surface area contributed by atoms with E-state index in [9.17, 15) is 8.42 Å². The summed E-state index contributed by atoms with van der Waals surface area (Å²) in [5.74, 6) is 0. The minimum Gasteiger partial charge on any atom is -0.223 e. The van der Waals surface area contributed by atoms with Crippen LogP contribution in [0, 0.1) is 0 Å². The topological polar surface area (TPSA) is 34.1 Å². The van der Waals surface area contributed by atoms with E-state index in [2.05, 4.69) is 20.4 Å². The highest BCUT2D eigenvalue weighted by Crippen LogP contribution is 2.36. The van der Waals surface area contributed by atoms with Gasteiger partial charge in [0.1, 0.15) is 0 Å². The van der Waals surface area contributed by atoms with Gasteiger partial charge in [-0.2, -0.15) is 0 Å². The van der Waals surface area contributed by atoms with Crippen molar-refractivity contribution in [3.8, 4) is 0 Å². The highest BCUT2D eigenvalue weighted by atomic mass is 32.2. The van der Waals surface area contributed by atoms with Gasteiger partial charge >= 0.3 is 0 Å². The SMILES string of the molecule is C=CC(CCCC)(CCCC)S(=O)(=O)c1ccccc1. The summed E-state index contributed by atoms with van der Waals surface area (Å²) in [6.07, 6.45) is 6.77. The lowest BCUT2D eigenvalue weighted by molar-refractivity contribution is 0.484. The Labute approximate surface area is 123 Å². The van der Waals surface area contributed by atoms with Crippen molar-refractivity contribution in [3.05, 3.63) is 43.0 Å². The molecule has 0 aliphatic rings. The molecule has 0 unspecified atom stereocenters. The van der Waals surface area contributed by atoms with Crippen LogP contribution in [0.15, 0.2) is 47.9 Å². The van der Waals surface area contributed by atoms with E-state index in [-0.39, 0.29) is 0 Å². The van der Waals surface area contributed by atoms with Gasteiger partial charge in [-0.15, -0.1) is 6.58 Å². The second kappa shape index (κ2) is 7.63. The summed E-state index contributed by atoms with van der Waals surface area (Å²) in [5.41, 5.74) is 0. The molecule has 0 saturated heterocycles. The second-order valence-corrected chi connectivity index (χ2v) is 7.58. The van der Waals surface area contributed by atoms with Gasteiger partial charge in [0.25, 0.3) is 0 Å². The van der Waals surface area contributed by atoms with Crippen molar-refractivity contribution in [2.24, 2.45) is 0 Å². The molecule has 0 amide bonds. The van der Waals surface area contributed by atoms with E-state index in [0.717, 1.165) is 25.7 Å². The number of hydrogen-bond acceptors (Lipinski definition) is 2. The van der Waals surface area contributed by atoms with Gasteiger partial charge in [-0.3, -0.25) is 0 Å². The largest absolute Gasteiger partial charge is 0.223 e. The van der Waals surface area contributed by atoms with Crippen LogP contribution in [-0.2, 0) is 9.84 Å². The monoisotopic (exact) mass is 294 g/mol. The molecule has 0 aliphatic carbocycles. The number of hydrogen-bond donors (Lipinski definition) is 0. The minimum absolute atomic E-state index is 0.409. The maximum Gasteiger partial charge on any atom is 0.187 e. The number of sulfone groups is 1. The molecule has 0 heterocycles. The van der Waals surface area contributed by atoms with Crippen LogP contribution in [0.25, 0.3) is 0 Å². The van der Waals surface area contributed by atoms with E-state index in [1.165, 1.54) is 0 Å². The summed E-state index contributed by atoms with van der Waals surface area (Å²) in [4.78, 5) is 0.409. The van der Waals surface area contributed by atoms with Crippen LogP contribution in [0.4, 0.5) is 0 Å². The molecule has 112 valence electrons. The van der Waals surface area contributed by atoms with E-state index in [1.807, 2.05) is 6.07 Å². The highest BCUT2D eigenvalue weighted by molar-refractivity contribution is 7.93. The fraction of sp³-hybridized carbons (Fsp3) is 0.529. The lowest BCUT2D eigenvalue weighted by Crippen LogP contribution is -2.36. The average molecular weight is 294 g/mol. The van der Waals surface area contributed by atoms with E-state index < -0.39 is 14.6 Å². The molecule has 1 aromatic carbocycles. The van der Waals surface area contributed by atoms with E-state index >= 15 is 0 Å². The van der Waals surface area contributed by atoms with E-state index in [1.54, 1.807) is 30.3 Å². The molecule has 2 nitrogen and oxygen atoms in total. The summed E-state index contributed by atoms with van der Waals surface area (Å²) >= 11 is 0. The average Bonchev–Trinajstić information content (AvgIpc) is 2.48. The van der Waals surface area contributed by atoms with Gasteiger partial charge in [0, 0.05) is 0 Å². The van der Waals surface area contributed by atoms with Crippen LogP contribution in [0.2, 0.25) is 0 Å². The van der Waals surface area contributed by atoms with Crippen molar-refractivity contribution in [1.82, 2.24) is 0 Å². The predicted molar refractivity (Wildman–Crippen MR) is 85.6 cm³/mol. The zero-order valence-corrected chi connectivity index (χ0v) is 13.5. The fourth-order valence-electron chi connectivity index (χ4n) is 2.49. The Morgan fingerprint density at radius 1 is 1.05 bits per heavy atom. The molecule has 0 fully saturated rings. The normalized spacial score (nSPS) is 12.3. The molecule has 0 N–H and O–H groups in total. The maximum atomic E-state index is 13.0. The Hall–Kier alpha value is -1.09. The second-order valence-electron chi connectivity index (χ2n) is 5.29. The van der Waals surface area contributed by atoms with Crippen LogP contribution >= 0.6 is 0 Å². The first-order chi connectivity index (χ1) is 9.54. The molecule has 1 rings (SSSR count). The van der Waals surface area contributed by atoms with Crippen molar-refractivity contribution in [2.75, 3.05) is 0 Å². The molecule has 0 radical (unpaired) electrons. The van der Waals surface area contributed by atoms with Gasteiger partial charge < -0.3 is 0 Å². The molecule has 0 atom stereocenters. The maximum absolute atomic E-state index is 13.0. The van der Waals surface area contributed by atoms with Crippen LogP contribution in [-0.4, -0.2) is 13.2 Å². The van der Waals surface area contributed by atoms with Crippen LogP contribution in [0.1, 0.15) is 52.4 Å². The van der Waals surface area contributed by atoms with Gasteiger partial charge in [-0.1, -0.05) is 63.8 Å². The number of benzene rings is 1. The molecule has 0 aromatic heterocycles. The van der Waals surface area contributed by atoms with E-state index in [0.29, 0.717) is 17.7 Å². The molecule has 0 aliphatic heterocycles. The van der Waals surface area contributed by atoms with Crippen molar-refractivity contribution >= 4 is 9.84 Å². The first kappa shape index (κ1) is 17.0. The lowest BCUT2D eigenvalue weighted by Gasteiger charge is -2.30. The zero-order valence-electron chi connectivity index (χ0n) is 12.6. The van der Waals surface area contributed by atoms with Gasteiger partial charge in [0.2, 0.25) is 0 Å². The standard InChI is InChI=1S/C17H26O2S/c1-4-7-14-17(6-3,15-8-5-2)20(18,19)16-12-10-9-11-13-16/h6,9-13H,3-5,7-8,14-15H2,1-2H3. The zero-order chi connectivity index (χ0) is 15.1. The van der Waals surface area contributed by atoms with Crippen LogP contribution in [0.3, 0.4) is 0 Å². The van der Waals surface area contributed by atoms with Gasteiger partial charge in [0.05, 0.1) is 9.64 Å². The first-order valence-electron chi connectivity index (χ1n) is 7.47. The number of unbranched alkanes of at least 4 members (excludes halogenated alkanes) is 2. The Morgan fingerprint density at radius 3 is 1.95 bits per heavy atom. The van der Waals surface area contributed by atoms with Crippen molar-refractivity contribution in [2.45, 2.75) is 62.0 Å². The Kier molecular flexibility index (Phi) is 6.47. The van der Waals surface area contributed by atoms with E-state index in [4.69, 9.17) is 0 Å². The Balaban J connectivity index is 3.23. The van der Waals surface area contributed by atoms with Gasteiger partial charge in [0.15, 0.2) is 9.84 Å². The third-order valence-corrected chi connectivity index (χ3v) is 6.41. The van der Waals surface area contributed by atoms with Gasteiger partial charge in [-0.25, -0.2) is 8.42 Å². The Bertz CT molecular complexity index is 495. The van der Waals surface area contributed by atoms with Crippen LogP contribution in [0.5, 0.6) is 0 Å². The third-order valence-electron chi connectivity index (χ3n) is 3.87. The smallest absolute Gasteiger partial charge is 0.187 e. The quantitative estimate of drug-likeness (QED) is 0.615. The van der Waals surface area contributed by atoms with Crippen LogP contribution < -0.4 is 0 Å². The lowest BCUT2D eigenvalue weighted by atomic mass is 9.95. The molecule has 3 heteroatoms. The molecule has 0 spiro atoms. The van der Waals surface area contributed by atoms with Crippen molar-refractivity contribution in [1.29, 1.82) is 0 Å². The Morgan fingerprint density at radius 2 is 1.55 bits per heavy atom. The first-order valence-corrected chi connectivity index (χ1v) is 8.95. The summed E-state index contributed by atoms with van der Waals surface area (Å²) < 4.78 is 25.2. The highest BCUT2D eigenvalue weighted by Gasteiger charge is 2.40. The molecule has 0 saturated carbocycles. The molecule has 1 aromatic rings.